The summed E-state index contributed by atoms with van der Waals surface area (Å²) in [7, 11) is 0. The molecule has 1 fully saturated rings. The highest BCUT2D eigenvalue weighted by Crippen LogP contribution is 2.44. The Morgan fingerprint density at radius 1 is 1.41 bits per heavy atom. The SMILES string of the molecule is CC1(C)CC1NCC(O)c1c(F)cccc1F. The fraction of sp³-hybridized carbons (Fsp3) is 0.538. The van der Waals surface area contributed by atoms with E-state index in [2.05, 4.69) is 19.2 Å². The summed E-state index contributed by atoms with van der Waals surface area (Å²) in [6, 6.07) is 3.93. The summed E-state index contributed by atoms with van der Waals surface area (Å²) >= 11 is 0. The number of hydrogen-bond donors (Lipinski definition) is 2. The van der Waals surface area contributed by atoms with Gasteiger partial charge in [0.1, 0.15) is 11.6 Å². The number of nitrogens with one attached hydrogen (secondary N) is 1. The van der Waals surface area contributed by atoms with Gasteiger partial charge in [0.05, 0.1) is 11.7 Å². The Kier molecular flexibility index (Phi) is 3.19. The Morgan fingerprint density at radius 3 is 2.41 bits per heavy atom. The zero-order valence-electron chi connectivity index (χ0n) is 10.0. The van der Waals surface area contributed by atoms with Crippen LogP contribution in [-0.4, -0.2) is 17.7 Å². The fourth-order valence-electron chi connectivity index (χ4n) is 2.00. The number of hydrogen-bond acceptors (Lipinski definition) is 2. The lowest BCUT2D eigenvalue weighted by Gasteiger charge is -2.14. The molecule has 1 aliphatic rings. The van der Waals surface area contributed by atoms with E-state index in [9.17, 15) is 13.9 Å². The summed E-state index contributed by atoms with van der Waals surface area (Å²) in [5.41, 5.74) is -0.0218. The van der Waals surface area contributed by atoms with E-state index in [4.69, 9.17) is 0 Å². The van der Waals surface area contributed by atoms with Crippen molar-refractivity contribution >= 4 is 0 Å². The molecular formula is C13H17F2NO. The van der Waals surface area contributed by atoms with E-state index in [1.165, 1.54) is 6.07 Å². The first-order valence-electron chi connectivity index (χ1n) is 5.77. The molecule has 0 saturated heterocycles. The van der Waals surface area contributed by atoms with Crippen LogP contribution in [-0.2, 0) is 0 Å². The van der Waals surface area contributed by atoms with Crippen LogP contribution >= 0.6 is 0 Å². The average Bonchev–Trinajstić information content (AvgIpc) is 2.83. The number of aliphatic hydroxyl groups excluding tert-OH is 1. The van der Waals surface area contributed by atoms with Gasteiger partial charge in [-0.25, -0.2) is 8.78 Å². The van der Waals surface area contributed by atoms with Crippen LogP contribution < -0.4 is 5.32 Å². The van der Waals surface area contributed by atoms with Gasteiger partial charge in [-0.2, -0.15) is 0 Å². The van der Waals surface area contributed by atoms with Crippen molar-refractivity contribution in [2.45, 2.75) is 32.4 Å². The minimum absolute atomic E-state index is 0.173. The lowest BCUT2D eigenvalue weighted by Crippen LogP contribution is -2.27. The maximum Gasteiger partial charge on any atom is 0.131 e. The standard InChI is InChI=1S/C13H17F2NO/c1-13(2)6-11(13)16-7-10(17)12-8(14)4-3-5-9(12)15/h3-5,10-11,16-17H,6-7H2,1-2H3. The largest absolute Gasteiger partial charge is 0.387 e. The van der Waals surface area contributed by atoms with E-state index in [0.717, 1.165) is 18.6 Å². The van der Waals surface area contributed by atoms with Crippen LogP contribution in [0.3, 0.4) is 0 Å². The Morgan fingerprint density at radius 2 is 1.94 bits per heavy atom. The van der Waals surface area contributed by atoms with Crippen molar-refractivity contribution in [3.63, 3.8) is 0 Å². The van der Waals surface area contributed by atoms with Gasteiger partial charge < -0.3 is 10.4 Å². The van der Waals surface area contributed by atoms with E-state index in [0.29, 0.717) is 6.04 Å². The van der Waals surface area contributed by atoms with Crippen molar-refractivity contribution in [3.8, 4) is 0 Å². The first-order chi connectivity index (χ1) is 7.92. The number of benzene rings is 1. The second-order valence-corrected chi connectivity index (χ2v) is 5.30. The molecule has 0 spiro atoms. The molecule has 2 rings (SSSR count). The highest BCUT2D eigenvalue weighted by atomic mass is 19.1. The second-order valence-electron chi connectivity index (χ2n) is 5.30. The van der Waals surface area contributed by atoms with Crippen molar-refractivity contribution in [2.24, 2.45) is 5.41 Å². The molecule has 2 N–H and O–H groups in total. The van der Waals surface area contributed by atoms with Crippen LogP contribution in [0.5, 0.6) is 0 Å². The molecule has 0 bridgehead atoms. The predicted molar refractivity (Wildman–Crippen MR) is 61.5 cm³/mol. The van der Waals surface area contributed by atoms with E-state index in [1.54, 1.807) is 0 Å². The summed E-state index contributed by atoms with van der Waals surface area (Å²) in [6.07, 6.45) is -0.118. The lowest BCUT2D eigenvalue weighted by atomic mass is 10.1. The summed E-state index contributed by atoms with van der Waals surface area (Å²) < 4.78 is 26.7. The van der Waals surface area contributed by atoms with Gasteiger partial charge >= 0.3 is 0 Å². The molecule has 2 atom stereocenters. The van der Waals surface area contributed by atoms with Crippen LogP contribution in [0.2, 0.25) is 0 Å². The number of halogens is 2. The number of rotatable bonds is 4. The summed E-state index contributed by atoms with van der Waals surface area (Å²) in [6.45, 7) is 4.40. The van der Waals surface area contributed by atoms with Crippen molar-refractivity contribution in [2.75, 3.05) is 6.54 Å². The van der Waals surface area contributed by atoms with Gasteiger partial charge in [-0.3, -0.25) is 0 Å². The van der Waals surface area contributed by atoms with Crippen LogP contribution in [0.25, 0.3) is 0 Å². The molecule has 0 aliphatic heterocycles. The van der Waals surface area contributed by atoms with Gasteiger partial charge in [-0.15, -0.1) is 0 Å². The first kappa shape index (κ1) is 12.5. The van der Waals surface area contributed by atoms with Gasteiger partial charge in [0.25, 0.3) is 0 Å². The summed E-state index contributed by atoms with van der Waals surface area (Å²) in [4.78, 5) is 0. The molecule has 1 aliphatic carbocycles. The van der Waals surface area contributed by atoms with Crippen molar-refractivity contribution in [1.29, 1.82) is 0 Å². The molecule has 1 saturated carbocycles. The normalized spacial score (nSPS) is 23.5. The highest BCUT2D eigenvalue weighted by molar-refractivity contribution is 5.22. The topological polar surface area (TPSA) is 32.3 Å². The third kappa shape index (κ3) is 2.64. The Labute approximate surface area is 99.7 Å². The lowest BCUT2D eigenvalue weighted by molar-refractivity contribution is 0.163. The van der Waals surface area contributed by atoms with E-state index < -0.39 is 17.7 Å². The van der Waals surface area contributed by atoms with Crippen LogP contribution in [0, 0.1) is 17.0 Å². The molecule has 0 amide bonds. The summed E-state index contributed by atoms with van der Waals surface area (Å²) in [5, 5.41) is 12.9. The smallest absolute Gasteiger partial charge is 0.131 e. The van der Waals surface area contributed by atoms with Gasteiger partial charge in [0.2, 0.25) is 0 Å². The van der Waals surface area contributed by atoms with Gasteiger partial charge in [0.15, 0.2) is 0 Å². The van der Waals surface area contributed by atoms with Crippen molar-refractivity contribution in [3.05, 3.63) is 35.4 Å². The maximum absolute atomic E-state index is 13.4. The molecule has 17 heavy (non-hydrogen) atoms. The van der Waals surface area contributed by atoms with Crippen LogP contribution in [0.4, 0.5) is 8.78 Å². The monoisotopic (exact) mass is 241 g/mol. The second kappa shape index (κ2) is 4.35. The minimum atomic E-state index is -1.15. The van der Waals surface area contributed by atoms with Gasteiger partial charge in [-0.1, -0.05) is 19.9 Å². The van der Waals surface area contributed by atoms with Crippen molar-refractivity contribution < 1.29 is 13.9 Å². The molecular weight excluding hydrogens is 224 g/mol. The zero-order chi connectivity index (χ0) is 12.6. The molecule has 0 heterocycles. The molecule has 1 aromatic rings. The number of aliphatic hydroxyl groups is 1. The average molecular weight is 241 g/mol. The van der Waals surface area contributed by atoms with Gasteiger partial charge in [0, 0.05) is 12.6 Å². The third-order valence-electron chi connectivity index (χ3n) is 3.40. The third-order valence-corrected chi connectivity index (χ3v) is 3.40. The van der Waals surface area contributed by atoms with Gasteiger partial charge in [-0.05, 0) is 24.0 Å². The van der Waals surface area contributed by atoms with Crippen LogP contribution in [0.15, 0.2) is 18.2 Å². The Bertz CT molecular complexity index is 400. The van der Waals surface area contributed by atoms with E-state index in [1.807, 2.05) is 0 Å². The molecule has 94 valence electrons. The molecule has 0 aromatic heterocycles. The maximum atomic E-state index is 13.4. The van der Waals surface area contributed by atoms with E-state index in [-0.39, 0.29) is 17.5 Å². The quantitative estimate of drug-likeness (QED) is 0.848. The minimum Gasteiger partial charge on any atom is -0.387 e. The molecule has 4 heteroatoms. The highest BCUT2D eigenvalue weighted by Gasteiger charge is 2.45. The fourth-order valence-corrected chi connectivity index (χ4v) is 2.00. The first-order valence-corrected chi connectivity index (χ1v) is 5.77. The molecule has 2 unspecified atom stereocenters. The Balaban J connectivity index is 1.98. The van der Waals surface area contributed by atoms with E-state index >= 15 is 0 Å². The Hall–Kier alpha value is -1.00. The van der Waals surface area contributed by atoms with Crippen molar-refractivity contribution in [1.82, 2.24) is 5.32 Å². The van der Waals surface area contributed by atoms with Crippen LogP contribution in [0.1, 0.15) is 31.9 Å². The molecule has 0 radical (unpaired) electrons. The predicted octanol–water partition coefficient (Wildman–Crippen LogP) is 2.39. The molecule has 2 nitrogen and oxygen atoms in total. The summed E-state index contributed by atoms with van der Waals surface area (Å²) in [5.74, 6) is -1.40. The zero-order valence-corrected chi connectivity index (χ0v) is 10.0. The molecule has 1 aromatic carbocycles.